The van der Waals surface area contributed by atoms with Crippen LogP contribution in [0, 0.1) is 11.6 Å². The lowest BCUT2D eigenvalue weighted by Crippen LogP contribution is -2.49. The van der Waals surface area contributed by atoms with Crippen LogP contribution in [0.5, 0.6) is 0 Å². The molecule has 3 aromatic rings. The van der Waals surface area contributed by atoms with Crippen LogP contribution >= 0.6 is 0 Å². The molecule has 1 saturated heterocycles. The van der Waals surface area contributed by atoms with Crippen molar-refractivity contribution in [3.05, 3.63) is 95.1 Å². The van der Waals surface area contributed by atoms with E-state index in [2.05, 4.69) is 10.6 Å². The Kier molecular flexibility index (Phi) is 9.51. The largest absolute Gasteiger partial charge is 0.444 e. The summed E-state index contributed by atoms with van der Waals surface area (Å²) in [7, 11) is 0. The van der Waals surface area contributed by atoms with Crippen LogP contribution < -0.4 is 21.3 Å². The Labute approximate surface area is 249 Å². The molecule has 0 unspecified atom stereocenters. The van der Waals surface area contributed by atoms with Crippen molar-refractivity contribution in [2.24, 2.45) is 5.73 Å². The number of amides is 3. The molecule has 226 valence electrons. The molecule has 0 bridgehead atoms. The lowest BCUT2D eigenvalue weighted by Gasteiger charge is -2.37. The highest BCUT2D eigenvalue weighted by atomic mass is 19.1. The maximum atomic E-state index is 13.7. The zero-order valence-electron chi connectivity index (χ0n) is 23.7. The second-order valence-corrected chi connectivity index (χ2v) is 10.9. The minimum absolute atomic E-state index is 0.0383. The summed E-state index contributed by atoms with van der Waals surface area (Å²) in [6, 6.07) is 17.3. The lowest BCUT2D eigenvalue weighted by atomic mass is 9.91. The Morgan fingerprint density at radius 2 is 1.51 bits per heavy atom. The Morgan fingerprint density at radius 3 is 2.19 bits per heavy atom. The van der Waals surface area contributed by atoms with E-state index < -0.39 is 23.6 Å². The van der Waals surface area contributed by atoms with E-state index in [9.17, 15) is 23.2 Å². The minimum atomic E-state index is -0.812. The van der Waals surface area contributed by atoms with Gasteiger partial charge in [0, 0.05) is 55.5 Å². The van der Waals surface area contributed by atoms with Gasteiger partial charge < -0.3 is 25.6 Å². The topological polar surface area (TPSA) is 117 Å². The molecule has 0 radical (unpaired) electrons. The molecule has 1 saturated carbocycles. The number of hydrogen-bond acceptors (Lipinski definition) is 6. The van der Waals surface area contributed by atoms with Crippen LogP contribution in [0.1, 0.15) is 52.0 Å². The van der Waals surface area contributed by atoms with Crippen LogP contribution in [-0.2, 0) is 11.3 Å². The van der Waals surface area contributed by atoms with Crippen molar-refractivity contribution in [3.8, 4) is 0 Å². The first-order chi connectivity index (χ1) is 20.7. The number of halogens is 2. The summed E-state index contributed by atoms with van der Waals surface area (Å²) in [4.78, 5) is 42.4. The van der Waals surface area contributed by atoms with Crippen LogP contribution in [0.4, 0.5) is 25.0 Å². The van der Waals surface area contributed by atoms with Gasteiger partial charge in [0.25, 0.3) is 11.8 Å². The van der Waals surface area contributed by atoms with Crippen molar-refractivity contribution in [2.45, 2.75) is 44.4 Å². The number of piperazine rings is 1. The van der Waals surface area contributed by atoms with E-state index in [0.29, 0.717) is 43.1 Å². The van der Waals surface area contributed by atoms with E-state index in [4.69, 9.17) is 10.5 Å². The molecule has 2 aliphatic rings. The molecule has 0 aromatic heterocycles. The normalized spacial score (nSPS) is 18.6. The van der Waals surface area contributed by atoms with Crippen molar-refractivity contribution in [2.75, 3.05) is 36.4 Å². The third kappa shape index (κ3) is 7.86. The summed E-state index contributed by atoms with van der Waals surface area (Å²) in [6.45, 7) is 1.45. The molecule has 1 heterocycles. The number of ether oxygens (including phenoxy) is 1. The number of rotatable bonds is 7. The van der Waals surface area contributed by atoms with Crippen LogP contribution in [0.2, 0.25) is 0 Å². The van der Waals surface area contributed by atoms with E-state index in [1.165, 1.54) is 4.90 Å². The third-order valence-corrected chi connectivity index (χ3v) is 7.83. The van der Waals surface area contributed by atoms with Gasteiger partial charge in [0.1, 0.15) is 18.2 Å². The van der Waals surface area contributed by atoms with Crippen molar-refractivity contribution in [1.29, 1.82) is 0 Å². The molecule has 43 heavy (non-hydrogen) atoms. The third-order valence-electron chi connectivity index (χ3n) is 7.83. The first kappa shape index (κ1) is 30.0. The summed E-state index contributed by atoms with van der Waals surface area (Å²) in [5.74, 6) is -2.33. The van der Waals surface area contributed by atoms with E-state index >= 15 is 0 Å². The smallest absolute Gasteiger partial charge is 0.412 e. The van der Waals surface area contributed by atoms with Gasteiger partial charge in [-0.05, 0) is 61.6 Å². The lowest BCUT2D eigenvalue weighted by molar-refractivity contribution is 0.0745. The molecule has 1 aliphatic heterocycles. The monoisotopic (exact) mass is 591 g/mol. The number of hydrogen-bond donors (Lipinski definition) is 3. The summed E-state index contributed by atoms with van der Waals surface area (Å²) >= 11 is 0. The second kappa shape index (κ2) is 13.6. The SMILES string of the molecule is NC1CCC(NC(=O)c2ccc(N3CCN(C(=O)c4cc(F)cc(F)c4)CC3)c(NC(=O)OCc3ccccc3)c2)CC1. The average molecular weight is 592 g/mol. The molecule has 2 fully saturated rings. The van der Waals surface area contributed by atoms with Gasteiger partial charge in [-0.1, -0.05) is 30.3 Å². The van der Waals surface area contributed by atoms with E-state index in [-0.39, 0.29) is 30.2 Å². The van der Waals surface area contributed by atoms with E-state index in [0.717, 1.165) is 49.4 Å². The van der Waals surface area contributed by atoms with Crippen LogP contribution in [0.3, 0.4) is 0 Å². The maximum absolute atomic E-state index is 13.7. The fourth-order valence-corrected chi connectivity index (χ4v) is 5.46. The zero-order valence-corrected chi connectivity index (χ0v) is 23.7. The van der Waals surface area contributed by atoms with Gasteiger partial charge in [0.05, 0.1) is 11.4 Å². The van der Waals surface area contributed by atoms with Gasteiger partial charge in [-0.2, -0.15) is 0 Å². The summed E-state index contributed by atoms with van der Waals surface area (Å²) in [6.07, 6.45) is 2.66. The van der Waals surface area contributed by atoms with Crippen LogP contribution in [0.25, 0.3) is 0 Å². The molecule has 9 nitrogen and oxygen atoms in total. The van der Waals surface area contributed by atoms with Gasteiger partial charge in [-0.3, -0.25) is 14.9 Å². The molecule has 3 aromatic carbocycles. The Bertz CT molecular complexity index is 1440. The zero-order chi connectivity index (χ0) is 30.3. The summed E-state index contributed by atoms with van der Waals surface area (Å²) in [5, 5.41) is 5.87. The Morgan fingerprint density at radius 1 is 0.837 bits per heavy atom. The number of benzene rings is 3. The molecule has 0 spiro atoms. The standard InChI is InChI=1S/C32H35F2N5O4/c33-24-16-23(17-25(34)19-24)31(41)39-14-12-38(13-15-39)29-11-6-22(30(40)36-27-9-7-26(35)8-10-27)18-28(29)37-32(42)43-20-21-4-2-1-3-5-21/h1-6,11,16-19,26-27H,7-10,12-15,20,35H2,(H,36,40)(H,37,42). The van der Waals surface area contributed by atoms with Crippen LogP contribution in [0.15, 0.2) is 66.7 Å². The average Bonchev–Trinajstić information content (AvgIpc) is 3.01. The van der Waals surface area contributed by atoms with E-state index in [1.54, 1.807) is 18.2 Å². The first-order valence-corrected chi connectivity index (χ1v) is 14.4. The number of carbonyl (C=O) groups excluding carboxylic acids is 3. The van der Waals surface area contributed by atoms with Crippen molar-refractivity contribution in [3.63, 3.8) is 0 Å². The molecule has 3 amide bonds. The Balaban J connectivity index is 1.29. The fraction of sp³-hybridized carbons (Fsp3) is 0.344. The predicted molar refractivity (Wildman–Crippen MR) is 159 cm³/mol. The molecule has 5 rings (SSSR count). The Hall–Kier alpha value is -4.51. The number of carbonyl (C=O) groups is 3. The molecule has 4 N–H and O–H groups in total. The number of anilines is 2. The van der Waals surface area contributed by atoms with Gasteiger partial charge in [0.15, 0.2) is 0 Å². The summed E-state index contributed by atoms with van der Waals surface area (Å²) < 4.78 is 32.8. The molecular formula is C32H35F2N5O4. The minimum Gasteiger partial charge on any atom is -0.444 e. The quantitative estimate of drug-likeness (QED) is 0.368. The number of nitrogens with two attached hydrogens (primary N) is 1. The van der Waals surface area contributed by atoms with Gasteiger partial charge in [-0.25, -0.2) is 13.6 Å². The van der Waals surface area contributed by atoms with E-state index in [1.807, 2.05) is 35.2 Å². The molecular weight excluding hydrogens is 556 g/mol. The highest BCUT2D eigenvalue weighted by Gasteiger charge is 2.26. The van der Waals surface area contributed by atoms with Gasteiger partial charge in [0.2, 0.25) is 0 Å². The first-order valence-electron chi connectivity index (χ1n) is 14.4. The number of nitrogens with one attached hydrogen (secondary N) is 2. The number of nitrogens with zero attached hydrogens (tertiary/aromatic N) is 2. The molecule has 0 atom stereocenters. The van der Waals surface area contributed by atoms with Crippen molar-refractivity contribution < 1.29 is 27.9 Å². The predicted octanol–water partition coefficient (Wildman–Crippen LogP) is 4.68. The maximum Gasteiger partial charge on any atom is 0.412 e. The van der Waals surface area contributed by atoms with Crippen LogP contribution in [-0.4, -0.2) is 61.1 Å². The van der Waals surface area contributed by atoms with Gasteiger partial charge >= 0.3 is 6.09 Å². The fourth-order valence-electron chi connectivity index (χ4n) is 5.46. The van der Waals surface area contributed by atoms with Crippen molar-refractivity contribution >= 4 is 29.3 Å². The summed E-state index contributed by atoms with van der Waals surface area (Å²) in [5.41, 5.74) is 8.21. The molecule has 1 aliphatic carbocycles. The van der Waals surface area contributed by atoms with Crippen molar-refractivity contribution in [1.82, 2.24) is 10.2 Å². The van der Waals surface area contributed by atoms with Gasteiger partial charge in [-0.15, -0.1) is 0 Å². The second-order valence-electron chi connectivity index (χ2n) is 10.9. The highest BCUT2D eigenvalue weighted by molar-refractivity contribution is 5.99. The molecule has 11 heteroatoms. The highest BCUT2D eigenvalue weighted by Crippen LogP contribution is 2.29.